The Labute approximate surface area is 184 Å². The molecule has 2 heterocycles. The number of amides is 1. The first kappa shape index (κ1) is 21.2. The topological polar surface area (TPSA) is 95.6 Å². The summed E-state index contributed by atoms with van der Waals surface area (Å²) in [5, 5.41) is 7.95. The smallest absolute Gasteiger partial charge is 0.287 e. The van der Waals surface area contributed by atoms with Crippen LogP contribution in [-0.2, 0) is 6.54 Å². The minimum atomic E-state index is -0.376. The average Bonchev–Trinajstić information content (AvgIpc) is 3.26. The second-order valence-electron chi connectivity index (χ2n) is 6.98. The monoisotopic (exact) mass is 433 g/mol. The molecule has 0 aliphatic rings. The van der Waals surface area contributed by atoms with Gasteiger partial charge in [0, 0.05) is 23.6 Å². The highest BCUT2D eigenvalue weighted by Gasteiger charge is 2.14. The first-order chi connectivity index (χ1) is 15.6. The molecule has 4 rings (SSSR count). The highest BCUT2D eigenvalue weighted by Crippen LogP contribution is 2.28. The molecule has 0 spiro atoms. The number of hydrogen-bond donors (Lipinski definition) is 1. The van der Waals surface area contributed by atoms with Gasteiger partial charge in [-0.3, -0.25) is 9.59 Å². The molecule has 0 atom stereocenters. The van der Waals surface area contributed by atoms with Gasteiger partial charge in [-0.15, -0.1) is 0 Å². The summed E-state index contributed by atoms with van der Waals surface area (Å²) in [6.07, 6.45) is 0. The van der Waals surface area contributed by atoms with E-state index in [1.54, 1.807) is 25.3 Å². The van der Waals surface area contributed by atoms with Gasteiger partial charge in [0.1, 0.15) is 5.75 Å². The third-order valence-electron chi connectivity index (χ3n) is 4.89. The molecule has 8 nitrogen and oxygen atoms in total. The number of furan rings is 1. The number of nitrogens with one attached hydrogen (secondary N) is 1. The second-order valence-corrected chi connectivity index (χ2v) is 6.98. The number of nitrogens with zero attached hydrogens (tertiary/aromatic N) is 2. The van der Waals surface area contributed by atoms with E-state index in [-0.39, 0.29) is 30.3 Å². The number of ether oxygens (including phenoxy) is 2. The Hall–Kier alpha value is -4.07. The van der Waals surface area contributed by atoms with Crippen LogP contribution in [0.2, 0.25) is 0 Å². The lowest BCUT2D eigenvalue weighted by Crippen LogP contribution is -2.31. The number of rotatable bonds is 8. The van der Waals surface area contributed by atoms with Crippen LogP contribution in [0.4, 0.5) is 0 Å². The van der Waals surface area contributed by atoms with E-state index in [2.05, 4.69) is 10.4 Å². The van der Waals surface area contributed by atoms with Crippen molar-refractivity contribution in [3.8, 4) is 22.8 Å². The van der Waals surface area contributed by atoms with Crippen molar-refractivity contribution in [3.05, 3.63) is 76.8 Å². The van der Waals surface area contributed by atoms with Gasteiger partial charge in [0.2, 0.25) is 0 Å². The van der Waals surface area contributed by atoms with Crippen LogP contribution < -0.4 is 20.3 Å². The molecule has 1 N–H and O–H groups in total. The number of fused-ring (bicyclic) bond motifs is 1. The summed E-state index contributed by atoms with van der Waals surface area (Å²) in [6.45, 7) is 2.95. The average molecular weight is 433 g/mol. The number of carbonyl (C=O) groups is 1. The molecule has 0 fully saturated rings. The zero-order chi connectivity index (χ0) is 22.5. The van der Waals surface area contributed by atoms with E-state index in [1.807, 2.05) is 43.3 Å². The van der Waals surface area contributed by atoms with E-state index in [1.165, 1.54) is 10.7 Å². The molecular formula is C24H23N3O5. The molecule has 32 heavy (non-hydrogen) atoms. The molecule has 0 saturated heterocycles. The summed E-state index contributed by atoms with van der Waals surface area (Å²) >= 11 is 0. The zero-order valence-corrected chi connectivity index (χ0v) is 17.8. The molecule has 8 heteroatoms. The first-order valence-electron chi connectivity index (χ1n) is 10.2. The third-order valence-corrected chi connectivity index (χ3v) is 4.89. The van der Waals surface area contributed by atoms with E-state index in [9.17, 15) is 9.59 Å². The number of para-hydroxylation sites is 1. The Balaban J connectivity index is 1.43. The fraction of sp³-hybridized carbons (Fsp3) is 0.208. The molecule has 0 aliphatic heterocycles. The molecule has 0 radical (unpaired) electrons. The van der Waals surface area contributed by atoms with Crippen molar-refractivity contribution < 1.29 is 18.7 Å². The number of aromatic nitrogens is 2. The highest BCUT2D eigenvalue weighted by atomic mass is 16.5. The normalized spacial score (nSPS) is 10.8. The number of carbonyl (C=O) groups excluding carboxylic acids is 1. The van der Waals surface area contributed by atoms with E-state index >= 15 is 0 Å². The maximum Gasteiger partial charge on any atom is 0.287 e. The molecular weight excluding hydrogens is 410 g/mol. The fourth-order valence-electron chi connectivity index (χ4n) is 3.32. The summed E-state index contributed by atoms with van der Waals surface area (Å²) < 4.78 is 17.7. The van der Waals surface area contributed by atoms with Crippen molar-refractivity contribution in [3.63, 3.8) is 0 Å². The van der Waals surface area contributed by atoms with Crippen LogP contribution in [0.1, 0.15) is 17.5 Å². The summed E-state index contributed by atoms with van der Waals surface area (Å²) in [7, 11) is 1.54. The van der Waals surface area contributed by atoms with Crippen LogP contribution in [-0.4, -0.2) is 35.9 Å². The van der Waals surface area contributed by atoms with Crippen molar-refractivity contribution in [2.24, 2.45) is 0 Å². The molecule has 0 aliphatic carbocycles. The second kappa shape index (κ2) is 9.38. The Bertz CT molecular complexity index is 1290. The van der Waals surface area contributed by atoms with Crippen molar-refractivity contribution in [1.82, 2.24) is 15.1 Å². The van der Waals surface area contributed by atoms with E-state index in [0.717, 1.165) is 16.7 Å². The largest absolute Gasteiger partial charge is 0.494 e. The van der Waals surface area contributed by atoms with Gasteiger partial charge in [-0.05, 0) is 49.4 Å². The number of methoxy groups -OCH3 is 1. The lowest BCUT2D eigenvalue weighted by Gasteiger charge is -2.09. The fourth-order valence-corrected chi connectivity index (χ4v) is 3.32. The quantitative estimate of drug-likeness (QED) is 0.457. The van der Waals surface area contributed by atoms with E-state index < -0.39 is 0 Å². The maximum atomic E-state index is 12.5. The van der Waals surface area contributed by atoms with Gasteiger partial charge in [-0.25, -0.2) is 4.68 Å². The molecule has 4 aromatic rings. The highest BCUT2D eigenvalue weighted by molar-refractivity contribution is 5.97. The molecule has 0 bridgehead atoms. The van der Waals surface area contributed by atoms with E-state index in [0.29, 0.717) is 23.6 Å². The minimum Gasteiger partial charge on any atom is -0.494 e. The zero-order valence-electron chi connectivity index (χ0n) is 17.8. The SMILES string of the molecule is CCOc1ccc(-c2ccc(=O)n(CCNC(=O)c3cc4cccc(OC)c4o3)n2)cc1. The standard InChI is InChI=1S/C24H23N3O5/c1-3-31-18-9-7-16(8-10-18)19-11-12-22(28)27(26-19)14-13-25-24(29)21-15-17-5-4-6-20(30-2)23(17)32-21/h4-12,15H,3,13-14H2,1-2H3,(H,25,29). The predicted molar refractivity (Wildman–Crippen MR) is 120 cm³/mol. The molecule has 2 aromatic carbocycles. The third kappa shape index (κ3) is 4.49. The van der Waals surface area contributed by atoms with Crippen LogP contribution in [0.5, 0.6) is 11.5 Å². The van der Waals surface area contributed by atoms with Gasteiger partial charge in [0.05, 0.1) is 26.0 Å². The summed E-state index contributed by atoms with van der Waals surface area (Å²) in [5.41, 5.74) is 1.79. The predicted octanol–water partition coefficient (Wildman–Crippen LogP) is 3.49. The van der Waals surface area contributed by atoms with Crippen LogP contribution in [0.3, 0.4) is 0 Å². The molecule has 1 amide bonds. The van der Waals surface area contributed by atoms with Crippen LogP contribution in [0, 0.1) is 0 Å². The van der Waals surface area contributed by atoms with Crippen molar-refractivity contribution in [1.29, 1.82) is 0 Å². The minimum absolute atomic E-state index is 0.174. The van der Waals surface area contributed by atoms with Gasteiger partial charge in [-0.2, -0.15) is 5.10 Å². The van der Waals surface area contributed by atoms with Crippen molar-refractivity contribution >= 4 is 16.9 Å². The first-order valence-corrected chi connectivity index (χ1v) is 10.2. The van der Waals surface area contributed by atoms with Gasteiger partial charge >= 0.3 is 0 Å². The Morgan fingerprint density at radius 2 is 1.94 bits per heavy atom. The van der Waals surface area contributed by atoms with E-state index in [4.69, 9.17) is 13.9 Å². The maximum absolute atomic E-state index is 12.5. The van der Waals surface area contributed by atoms with Crippen molar-refractivity contribution in [2.45, 2.75) is 13.5 Å². The summed E-state index contributed by atoms with van der Waals surface area (Å²) in [4.78, 5) is 24.7. The Morgan fingerprint density at radius 1 is 1.12 bits per heavy atom. The summed E-state index contributed by atoms with van der Waals surface area (Å²) in [6, 6.07) is 17.7. The number of benzene rings is 2. The van der Waals surface area contributed by atoms with Gasteiger partial charge in [0.15, 0.2) is 17.1 Å². The summed E-state index contributed by atoms with van der Waals surface area (Å²) in [5.74, 6) is 1.13. The van der Waals surface area contributed by atoms with Gasteiger partial charge in [0.25, 0.3) is 11.5 Å². The Morgan fingerprint density at radius 3 is 2.69 bits per heavy atom. The molecule has 0 saturated carbocycles. The lowest BCUT2D eigenvalue weighted by molar-refractivity contribution is 0.0926. The van der Waals surface area contributed by atoms with Crippen LogP contribution in [0.15, 0.2) is 69.9 Å². The Kier molecular flexibility index (Phi) is 6.21. The molecule has 2 aromatic heterocycles. The van der Waals surface area contributed by atoms with Gasteiger partial charge < -0.3 is 19.2 Å². The van der Waals surface area contributed by atoms with Crippen LogP contribution >= 0.6 is 0 Å². The van der Waals surface area contributed by atoms with Gasteiger partial charge in [-0.1, -0.05) is 12.1 Å². The lowest BCUT2D eigenvalue weighted by atomic mass is 10.1. The molecule has 164 valence electrons. The van der Waals surface area contributed by atoms with Crippen LogP contribution in [0.25, 0.3) is 22.2 Å². The molecule has 0 unspecified atom stereocenters. The van der Waals surface area contributed by atoms with Crippen molar-refractivity contribution in [2.75, 3.05) is 20.3 Å². The number of hydrogen-bond acceptors (Lipinski definition) is 6.